The lowest BCUT2D eigenvalue weighted by Crippen LogP contribution is -2.39. The van der Waals surface area contributed by atoms with Crippen LogP contribution < -0.4 is 29.1 Å². The average Bonchev–Trinajstić information content (AvgIpc) is 3.60. The summed E-state index contributed by atoms with van der Waals surface area (Å²) in [5, 5.41) is 11.7. The number of allylic oxidation sites excluding steroid dienone is 1. The van der Waals surface area contributed by atoms with Gasteiger partial charge in [-0.05, 0) is 62.7 Å². The van der Waals surface area contributed by atoms with Crippen molar-refractivity contribution in [1.82, 2.24) is 4.57 Å². The van der Waals surface area contributed by atoms with Crippen molar-refractivity contribution in [1.29, 1.82) is 0 Å². The first-order valence-corrected chi connectivity index (χ1v) is 14.4. The zero-order chi connectivity index (χ0) is 31.5. The van der Waals surface area contributed by atoms with Gasteiger partial charge in [0.2, 0.25) is 0 Å². The highest BCUT2D eigenvalue weighted by Crippen LogP contribution is 2.37. The van der Waals surface area contributed by atoms with E-state index in [9.17, 15) is 19.7 Å². The number of aromatic nitrogens is 1. The number of carbonyl (C=O) groups is 1. The zero-order valence-electron chi connectivity index (χ0n) is 24.6. The maximum absolute atomic E-state index is 14.0. The normalized spacial score (nSPS) is 14.6. The monoisotopic (exact) mass is 619 g/mol. The Bertz CT molecular complexity index is 1970. The Morgan fingerprint density at radius 2 is 1.89 bits per heavy atom. The number of carbonyl (C=O) groups excluding carboxylic acids is 1. The molecule has 0 N–H and O–H groups in total. The van der Waals surface area contributed by atoms with Crippen LogP contribution in [0.2, 0.25) is 0 Å². The van der Waals surface area contributed by atoms with Gasteiger partial charge in [-0.25, -0.2) is 9.79 Å². The van der Waals surface area contributed by atoms with Crippen LogP contribution >= 0.6 is 11.3 Å². The van der Waals surface area contributed by atoms with E-state index in [1.165, 1.54) is 24.9 Å². The van der Waals surface area contributed by atoms with Crippen molar-refractivity contribution in [2.45, 2.75) is 26.8 Å². The highest BCUT2D eigenvalue weighted by molar-refractivity contribution is 7.07. The van der Waals surface area contributed by atoms with Crippen LogP contribution in [0.4, 0.5) is 5.69 Å². The number of fused-ring (bicyclic) bond motifs is 1. The molecule has 0 amide bonds. The number of thiazole rings is 1. The second kappa shape index (κ2) is 12.6. The Balaban J connectivity index is 1.64. The number of furan rings is 1. The minimum Gasteiger partial charge on any atom is -0.497 e. The first-order chi connectivity index (χ1) is 21.2. The lowest BCUT2D eigenvalue weighted by atomic mass is 9.95. The summed E-state index contributed by atoms with van der Waals surface area (Å²) in [4.78, 5) is 43.3. The van der Waals surface area contributed by atoms with Gasteiger partial charge in [0.25, 0.3) is 11.2 Å². The van der Waals surface area contributed by atoms with Crippen LogP contribution in [0.15, 0.2) is 74.0 Å². The van der Waals surface area contributed by atoms with Crippen molar-refractivity contribution in [3.05, 3.63) is 101 Å². The van der Waals surface area contributed by atoms with E-state index < -0.39 is 22.5 Å². The van der Waals surface area contributed by atoms with Gasteiger partial charge in [-0.1, -0.05) is 17.4 Å². The van der Waals surface area contributed by atoms with Crippen molar-refractivity contribution in [3.63, 3.8) is 0 Å². The summed E-state index contributed by atoms with van der Waals surface area (Å²) < 4.78 is 29.4. The molecular weight excluding hydrogens is 590 g/mol. The van der Waals surface area contributed by atoms with Crippen LogP contribution in [-0.4, -0.2) is 42.9 Å². The third-order valence-electron chi connectivity index (χ3n) is 6.89. The predicted octanol–water partition coefficient (Wildman–Crippen LogP) is 4.38. The minimum atomic E-state index is -0.855. The van der Waals surface area contributed by atoms with Crippen molar-refractivity contribution >= 4 is 29.1 Å². The molecule has 3 heterocycles. The molecule has 0 aliphatic carbocycles. The molecular formula is C31H29N3O9S. The van der Waals surface area contributed by atoms with Crippen molar-refractivity contribution in [3.8, 4) is 28.6 Å². The maximum atomic E-state index is 14.0. The number of methoxy groups -OCH3 is 2. The molecule has 1 aliphatic heterocycles. The lowest BCUT2D eigenvalue weighted by Gasteiger charge is -2.25. The number of ether oxygens (including phenoxy) is 4. The Hall–Kier alpha value is -5.17. The van der Waals surface area contributed by atoms with Crippen LogP contribution in [0.3, 0.4) is 0 Å². The topological polar surface area (TPSA) is 145 Å². The summed E-state index contributed by atoms with van der Waals surface area (Å²) >= 11 is 1.13. The Labute approximate surface area is 255 Å². The predicted molar refractivity (Wildman–Crippen MR) is 162 cm³/mol. The second-order valence-electron chi connectivity index (χ2n) is 9.49. The smallest absolute Gasteiger partial charge is 0.338 e. The van der Waals surface area contributed by atoms with E-state index in [2.05, 4.69) is 4.99 Å². The van der Waals surface area contributed by atoms with E-state index in [0.29, 0.717) is 45.7 Å². The zero-order valence-corrected chi connectivity index (χ0v) is 25.4. The number of hydrogen-bond donors (Lipinski definition) is 0. The van der Waals surface area contributed by atoms with Crippen LogP contribution in [0, 0.1) is 10.1 Å². The molecule has 12 nitrogen and oxygen atoms in total. The van der Waals surface area contributed by atoms with Gasteiger partial charge in [0.1, 0.15) is 17.3 Å². The minimum absolute atomic E-state index is 0.146. The number of rotatable bonds is 10. The highest BCUT2D eigenvalue weighted by atomic mass is 32.1. The molecule has 228 valence electrons. The van der Waals surface area contributed by atoms with E-state index >= 15 is 0 Å². The molecule has 1 aliphatic rings. The van der Waals surface area contributed by atoms with E-state index in [1.54, 1.807) is 62.4 Å². The molecule has 2 aromatic carbocycles. The van der Waals surface area contributed by atoms with Gasteiger partial charge in [0.05, 0.1) is 65.8 Å². The van der Waals surface area contributed by atoms with Crippen molar-refractivity contribution in [2.75, 3.05) is 27.4 Å². The maximum Gasteiger partial charge on any atom is 0.338 e. The fraction of sp³-hybridized carbons (Fsp3) is 0.258. The number of esters is 1. The molecule has 44 heavy (non-hydrogen) atoms. The first kappa shape index (κ1) is 30.3. The molecule has 5 rings (SSSR count). The number of nitro groups is 1. The number of hydrogen-bond acceptors (Lipinski definition) is 11. The fourth-order valence-corrected chi connectivity index (χ4v) is 5.97. The SMILES string of the molecule is CCOC(=O)C1=C(C)N=c2s/c(=C\c3ccc(-c4ccc(OC)cc4[N+](=O)[O-])o3)c(=O)n2C1c1ccc(OC)c(OCC)c1. The Kier molecular flexibility index (Phi) is 8.67. The molecule has 0 bridgehead atoms. The fourth-order valence-electron chi connectivity index (χ4n) is 4.94. The molecule has 0 saturated heterocycles. The standard InChI is InChI=1S/C31H29N3O9S/c1-6-41-25-14-18(8-12-24(25)40-5)28-27(30(36)42-7-2)17(3)32-31-33(28)29(35)26(44-31)16-20-10-13-23(43-20)21-11-9-19(39-4)15-22(21)34(37)38/h8-16,28H,6-7H2,1-5H3/b26-16-. The van der Waals surface area contributed by atoms with E-state index in [-0.39, 0.29) is 33.7 Å². The van der Waals surface area contributed by atoms with Gasteiger partial charge in [0, 0.05) is 6.08 Å². The van der Waals surface area contributed by atoms with Gasteiger partial charge in [-0.3, -0.25) is 19.5 Å². The number of nitro benzene ring substituents is 1. The largest absolute Gasteiger partial charge is 0.497 e. The van der Waals surface area contributed by atoms with Gasteiger partial charge < -0.3 is 23.4 Å². The van der Waals surface area contributed by atoms with Crippen molar-refractivity contribution < 1.29 is 33.1 Å². The first-order valence-electron chi connectivity index (χ1n) is 13.6. The molecule has 2 aromatic heterocycles. The van der Waals surface area contributed by atoms with Gasteiger partial charge in [-0.15, -0.1) is 0 Å². The molecule has 1 atom stereocenters. The number of benzene rings is 2. The van der Waals surface area contributed by atoms with Gasteiger partial charge >= 0.3 is 5.97 Å². The lowest BCUT2D eigenvalue weighted by molar-refractivity contribution is -0.384. The van der Waals surface area contributed by atoms with E-state index in [4.69, 9.17) is 23.4 Å². The van der Waals surface area contributed by atoms with Crippen LogP contribution in [-0.2, 0) is 9.53 Å². The summed E-state index contributed by atoms with van der Waals surface area (Å²) in [5.74, 6) is 1.27. The number of nitrogens with zero attached hydrogens (tertiary/aromatic N) is 3. The summed E-state index contributed by atoms with van der Waals surface area (Å²) in [6, 6.07) is 12.0. The molecule has 0 spiro atoms. The Morgan fingerprint density at radius 1 is 1.09 bits per heavy atom. The van der Waals surface area contributed by atoms with Crippen molar-refractivity contribution in [2.24, 2.45) is 4.99 Å². The highest BCUT2D eigenvalue weighted by Gasteiger charge is 2.34. The molecule has 0 fully saturated rings. The van der Waals surface area contributed by atoms with Gasteiger partial charge in [-0.2, -0.15) is 0 Å². The quantitative estimate of drug-likeness (QED) is 0.143. The van der Waals surface area contributed by atoms with E-state index in [1.807, 2.05) is 6.92 Å². The summed E-state index contributed by atoms with van der Waals surface area (Å²) in [6.45, 7) is 5.77. The molecule has 0 saturated carbocycles. The summed E-state index contributed by atoms with van der Waals surface area (Å²) in [6.07, 6.45) is 1.54. The third-order valence-corrected chi connectivity index (χ3v) is 7.87. The summed E-state index contributed by atoms with van der Waals surface area (Å²) in [7, 11) is 2.95. The van der Waals surface area contributed by atoms with Gasteiger partial charge in [0.15, 0.2) is 16.3 Å². The molecule has 1 unspecified atom stereocenters. The van der Waals surface area contributed by atoms with Crippen LogP contribution in [0.25, 0.3) is 17.4 Å². The van der Waals surface area contributed by atoms with Crippen LogP contribution in [0.5, 0.6) is 17.2 Å². The third kappa shape index (κ3) is 5.61. The molecule has 4 aromatic rings. The second-order valence-corrected chi connectivity index (χ2v) is 10.5. The van der Waals surface area contributed by atoms with Crippen LogP contribution in [0.1, 0.15) is 38.1 Å². The Morgan fingerprint density at radius 3 is 2.57 bits per heavy atom. The summed E-state index contributed by atoms with van der Waals surface area (Å²) in [5.41, 5.74) is 0.919. The molecule has 0 radical (unpaired) electrons. The van der Waals surface area contributed by atoms with E-state index in [0.717, 1.165) is 11.3 Å². The molecule has 13 heteroatoms. The average molecular weight is 620 g/mol.